The molecule has 2 fully saturated rings. The molecule has 0 spiro atoms. The number of alkyl halides is 2. The van der Waals surface area contributed by atoms with Gasteiger partial charge in [-0.2, -0.15) is 5.10 Å². The maximum atomic E-state index is 14.0. The molecule has 3 aliphatic rings. The third kappa shape index (κ3) is 4.59. The number of carbonyl (C=O) groups is 1. The van der Waals surface area contributed by atoms with Crippen LogP contribution in [-0.2, 0) is 10.2 Å². The molecule has 0 aliphatic carbocycles. The normalized spacial score (nSPS) is 28.5. The highest BCUT2D eigenvalue weighted by Crippen LogP contribution is 2.38. The van der Waals surface area contributed by atoms with Crippen molar-refractivity contribution in [3.63, 3.8) is 0 Å². The number of halogens is 2. The van der Waals surface area contributed by atoms with Crippen LogP contribution in [0, 0.1) is 5.92 Å². The number of carbonyl (C=O) groups excluding carboxylic acids is 1. The van der Waals surface area contributed by atoms with Crippen LogP contribution in [0.3, 0.4) is 0 Å². The predicted octanol–water partition coefficient (Wildman–Crippen LogP) is 3.89. The van der Waals surface area contributed by atoms with Crippen molar-refractivity contribution < 1.29 is 13.6 Å². The standard InChI is InChI=1S/C23H37F2N5O/c1-15(28-9-5-6-10-28)22(31)29-11-7-8-16(14-29)17-12-18(21(24)25)30-20(26-17)13-19(27-30)23(2,3)4/h13,15-18,21,26H,5-12,14H2,1-4H3/t15-,16+,17-,18+/m0/s1. The Balaban J connectivity index is 1.48. The maximum absolute atomic E-state index is 14.0. The van der Waals surface area contributed by atoms with Crippen molar-refractivity contribution in [1.82, 2.24) is 19.6 Å². The van der Waals surface area contributed by atoms with Gasteiger partial charge in [-0.3, -0.25) is 9.69 Å². The van der Waals surface area contributed by atoms with Crippen molar-refractivity contribution in [3.05, 3.63) is 11.8 Å². The molecule has 4 rings (SSSR count). The summed E-state index contributed by atoms with van der Waals surface area (Å²) in [4.78, 5) is 17.4. The van der Waals surface area contributed by atoms with E-state index in [0.717, 1.165) is 51.0 Å². The number of rotatable bonds is 4. The van der Waals surface area contributed by atoms with Gasteiger partial charge in [0.2, 0.25) is 5.91 Å². The highest BCUT2D eigenvalue weighted by atomic mass is 19.3. The zero-order valence-corrected chi connectivity index (χ0v) is 19.3. The fourth-order valence-corrected chi connectivity index (χ4v) is 5.34. The second-order valence-corrected chi connectivity index (χ2v) is 10.6. The van der Waals surface area contributed by atoms with Gasteiger partial charge < -0.3 is 10.2 Å². The monoisotopic (exact) mass is 437 g/mol. The van der Waals surface area contributed by atoms with E-state index in [0.29, 0.717) is 18.8 Å². The number of hydrogen-bond donors (Lipinski definition) is 1. The van der Waals surface area contributed by atoms with Crippen LogP contribution < -0.4 is 5.32 Å². The van der Waals surface area contributed by atoms with Gasteiger partial charge in [-0.25, -0.2) is 13.5 Å². The van der Waals surface area contributed by atoms with E-state index in [9.17, 15) is 13.6 Å². The minimum absolute atomic E-state index is 0.0753. The van der Waals surface area contributed by atoms with Crippen LogP contribution in [0.5, 0.6) is 0 Å². The van der Waals surface area contributed by atoms with Crippen molar-refractivity contribution >= 4 is 11.7 Å². The fraction of sp³-hybridized carbons (Fsp3) is 0.826. The van der Waals surface area contributed by atoms with Gasteiger partial charge in [0.25, 0.3) is 6.43 Å². The zero-order chi connectivity index (χ0) is 22.3. The Kier molecular flexibility index (Phi) is 6.30. The molecular weight excluding hydrogens is 400 g/mol. The van der Waals surface area contributed by atoms with E-state index in [1.54, 1.807) is 0 Å². The SMILES string of the molecule is C[C@@H](C(=O)N1CCC[C@@H]([C@@H]2C[C@H](C(F)F)n3nc(C(C)(C)C)cc3N2)C1)N1CCCC1. The third-order valence-corrected chi connectivity index (χ3v) is 7.32. The summed E-state index contributed by atoms with van der Waals surface area (Å²) in [6.45, 7) is 11.5. The van der Waals surface area contributed by atoms with Crippen LogP contribution in [0.25, 0.3) is 0 Å². The van der Waals surface area contributed by atoms with Crippen LogP contribution in [0.1, 0.15) is 71.5 Å². The van der Waals surface area contributed by atoms with Gasteiger partial charge in [0.15, 0.2) is 0 Å². The molecule has 31 heavy (non-hydrogen) atoms. The molecule has 4 heterocycles. The second-order valence-electron chi connectivity index (χ2n) is 10.6. The molecule has 8 heteroatoms. The van der Waals surface area contributed by atoms with Crippen molar-refractivity contribution in [1.29, 1.82) is 0 Å². The molecule has 0 aromatic carbocycles. The molecule has 1 aromatic rings. The number of likely N-dealkylation sites (tertiary alicyclic amines) is 2. The van der Waals surface area contributed by atoms with E-state index in [4.69, 9.17) is 0 Å². The van der Waals surface area contributed by atoms with Crippen molar-refractivity contribution in [2.75, 3.05) is 31.5 Å². The molecule has 2 saturated heterocycles. The van der Waals surface area contributed by atoms with Crippen molar-refractivity contribution in [2.45, 2.75) is 89.8 Å². The summed E-state index contributed by atoms with van der Waals surface area (Å²) in [5.41, 5.74) is 0.620. The number of amides is 1. The number of nitrogens with one attached hydrogen (secondary N) is 1. The molecule has 0 saturated carbocycles. The highest BCUT2D eigenvalue weighted by molar-refractivity contribution is 5.81. The zero-order valence-electron chi connectivity index (χ0n) is 19.3. The molecule has 1 aromatic heterocycles. The van der Waals surface area contributed by atoms with Crippen LogP contribution in [0.15, 0.2) is 6.07 Å². The molecule has 0 unspecified atom stereocenters. The number of anilines is 1. The summed E-state index contributed by atoms with van der Waals surface area (Å²) in [5, 5.41) is 8.03. The van der Waals surface area contributed by atoms with E-state index in [1.807, 2.05) is 38.7 Å². The van der Waals surface area contributed by atoms with Gasteiger partial charge in [0.1, 0.15) is 11.9 Å². The quantitative estimate of drug-likeness (QED) is 0.776. The van der Waals surface area contributed by atoms with E-state index in [2.05, 4.69) is 15.3 Å². The Hall–Kier alpha value is -1.70. The summed E-state index contributed by atoms with van der Waals surface area (Å²) < 4.78 is 29.4. The number of aromatic nitrogens is 2. The summed E-state index contributed by atoms with van der Waals surface area (Å²) in [7, 11) is 0. The first-order valence-electron chi connectivity index (χ1n) is 11.8. The molecule has 1 N–H and O–H groups in total. The molecule has 4 atom stereocenters. The summed E-state index contributed by atoms with van der Waals surface area (Å²) >= 11 is 0. The van der Waals surface area contributed by atoms with E-state index in [1.165, 1.54) is 4.68 Å². The third-order valence-electron chi connectivity index (χ3n) is 7.32. The van der Waals surface area contributed by atoms with Gasteiger partial charge in [-0.15, -0.1) is 0 Å². The topological polar surface area (TPSA) is 53.4 Å². The molecule has 174 valence electrons. The minimum atomic E-state index is -2.47. The largest absolute Gasteiger partial charge is 0.367 e. The number of fused-ring (bicyclic) bond motifs is 1. The van der Waals surface area contributed by atoms with Gasteiger partial charge in [0, 0.05) is 30.6 Å². The highest BCUT2D eigenvalue weighted by Gasteiger charge is 2.40. The maximum Gasteiger partial charge on any atom is 0.260 e. The average molecular weight is 438 g/mol. The summed E-state index contributed by atoms with van der Waals surface area (Å²) in [5.74, 6) is 1.04. The van der Waals surface area contributed by atoms with E-state index in [-0.39, 0.29) is 29.3 Å². The lowest BCUT2D eigenvalue weighted by atomic mass is 9.85. The first-order valence-corrected chi connectivity index (χ1v) is 11.8. The Labute approximate surface area is 184 Å². The average Bonchev–Trinajstić information content (AvgIpc) is 3.41. The first kappa shape index (κ1) is 22.5. The van der Waals surface area contributed by atoms with Crippen LogP contribution in [0.2, 0.25) is 0 Å². The van der Waals surface area contributed by atoms with E-state index >= 15 is 0 Å². The molecular formula is C23H37F2N5O. The number of piperidine rings is 1. The van der Waals surface area contributed by atoms with Gasteiger partial charge in [-0.05, 0) is 58.0 Å². The van der Waals surface area contributed by atoms with Crippen molar-refractivity contribution in [2.24, 2.45) is 5.92 Å². The Morgan fingerprint density at radius 2 is 1.90 bits per heavy atom. The number of nitrogens with zero attached hydrogens (tertiary/aromatic N) is 4. The lowest BCUT2D eigenvalue weighted by Crippen LogP contribution is -2.52. The first-order chi connectivity index (χ1) is 14.6. The smallest absolute Gasteiger partial charge is 0.260 e. The van der Waals surface area contributed by atoms with Gasteiger partial charge in [0.05, 0.1) is 11.7 Å². The molecule has 1 amide bonds. The molecule has 3 aliphatic heterocycles. The van der Waals surface area contributed by atoms with Crippen LogP contribution in [-0.4, -0.2) is 70.2 Å². The van der Waals surface area contributed by atoms with Crippen LogP contribution in [0.4, 0.5) is 14.6 Å². The van der Waals surface area contributed by atoms with Crippen molar-refractivity contribution in [3.8, 4) is 0 Å². The number of hydrogen-bond acceptors (Lipinski definition) is 4. The molecule has 0 radical (unpaired) electrons. The minimum Gasteiger partial charge on any atom is -0.367 e. The Bertz CT molecular complexity index is 783. The second kappa shape index (κ2) is 8.68. The van der Waals surface area contributed by atoms with Crippen LogP contribution >= 0.6 is 0 Å². The lowest BCUT2D eigenvalue weighted by Gasteiger charge is -2.42. The Morgan fingerprint density at radius 1 is 1.19 bits per heavy atom. The van der Waals surface area contributed by atoms with Gasteiger partial charge >= 0.3 is 0 Å². The molecule has 0 bridgehead atoms. The lowest BCUT2D eigenvalue weighted by molar-refractivity contribution is -0.138. The Morgan fingerprint density at radius 3 is 2.55 bits per heavy atom. The van der Waals surface area contributed by atoms with E-state index < -0.39 is 12.5 Å². The fourth-order valence-electron chi connectivity index (χ4n) is 5.34. The van der Waals surface area contributed by atoms with Gasteiger partial charge in [-0.1, -0.05) is 20.8 Å². The summed E-state index contributed by atoms with van der Waals surface area (Å²) in [6.07, 6.45) is 2.07. The summed E-state index contributed by atoms with van der Waals surface area (Å²) in [6, 6.07) is 0.828. The predicted molar refractivity (Wildman–Crippen MR) is 118 cm³/mol. The molecule has 6 nitrogen and oxygen atoms in total.